The van der Waals surface area contributed by atoms with Crippen LogP contribution in [-0.2, 0) is 6.61 Å². The van der Waals surface area contributed by atoms with Crippen LogP contribution in [0.5, 0.6) is 0 Å². The SMILES string of the molecule is OCc1ccnc(C2CCCCC2)n1. The van der Waals surface area contributed by atoms with Gasteiger partial charge < -0.3 is 5.11 Å². The van der Waals surface area contributed by atoms with Crippen LogP contribution in [0, 0.1) is 0 Å². The van der Waals surface area contributed by atoms with Crippen molar-refractivity contribution in [2.24, 2.45) is 0 Å². The number of aromatic nitrogens is 2. The highest BCUT2D eigenvalue weighted by Gasteiger charge is 2.17. The fraction of sp³-hybridized carbons (Fsp3) is 0.636. The molecule has 1 aromatic rings. The minimum Gasteiger partial charge on any atom is -0.390 e. The molecule has 1 aliphatic carbocycles. The molecule has 0 unspecified atom stereocenters. The predicted molar refractivity (Wildman–Crippen MR) is 53.8 cm³/mol. The van der Waals surface area contributed by atoms with E-state index in [9.17, 15) is 0 Å². The van der Waals surface area contributed by atoms with Gasteiger partial charge in [-0.25, -0.2) is 9.97 Å². The van der Waals surface area contributed by atoms with Crippen LogP contribution in [0.15, 0.2) is 12.3 Å². The van der Waals surface area contributed by atoms with Gasteiger partial charge in [-0.1, -0.05) is 19.3 Å². The maximum atomic E-state index is 8.97. The third kappa shape index (κ3) is 2.10. The standard InChI is InChI=1S/C11H16N2O/c14-8-10-6-7-12-11(13-10)9-4-2-1-3-5-9/h6-7,9,14H,1-5,8H2. The molecular weight excluding hydrogens is 176 g/mol. The van der Waals surface area contributed by atoms with E-state index in [1.807, 2.05) is 0 Å². The normalized spacial score (nSPS) is 18.4. The van der Waals surface area contributed by atoms with Gasteiger partial charge in [-0.2, -0.15) is 0 Å². The zero-order valence-corrected chi connectivity index (χ0v) is 8.32. The Hall–Kier alpha value is -0.960. The van der Waals surface area contributed by atoms with Gasteiger partial charge in [0, 0.05) is 12.1 Å². The fourth-order valence-corrected chi connectivity index (χ4v) is 2.06. The highest BCUT2D eigenvalue weighted by Crippen LogP contribution is 2.30. The van der Waals surface area contributed by atoms with Gasteiger partial charge >= 0.3 is 0 Å². The van der Waals surface area contributed by atoms with Crippen LogP contribution in [0.25, 0.3) is 0 Å². The molecule has 3 nitrogen and oxygen atoms in total. The maximum Gasteiger partial charge on any atom is 0.131 e. The Morgan fingerprint density at radius 3 is 2.79 bits per heavy atom. The van der Waals surface area contributed by atoms with Gasteiger partial charge in [0.2, 0.25) is 0 Å². The molecule has 3 heteroatoms. The van der Waals surface area contributed by atoms with E-state index in [4.69, 9.17) is 5.11 Å². The van der Waals surface area contributed by atoms with E-state index < -0.39 is 0 Å². The van der Waals surface area contributed by atoms with Crippen LogP contribution in [0.1, 0.15) is 49.5 Å². The van der Waals surface area contributed by atoms with Crippen molar-refractivity contribution < 1.29 is 5.11 Å². The molecule has 0 radical (unpaired) electrons. The zero-order valence-electron chi connectivity index (χ0n) is 8.32. The molecule has 14 heavy (non-hydrogen) atoms. The van der Waals surface area contributed by atoms with Crippen molar-refractivity contribution in [3.05, 3.63) is 23.8 Å². The number of hydrogen-bond donors (Lipinski definition) is 1. The zero-order chi connectivity index (χ0) is 9.80. The van der Waals surface area contributed by atoms with Crippen molar-refractivity contribution in [3.63, 3.8) is 0 Å². The van der Waals surface area contributed by atoms with Gasteiger partial charge in [-0.3, -0.25) is 0 Å². The summed E-state index contributed by atoms with van der Waals surface area (Å²) in [6.45, 7) is 0.0161. The molecule has 76 valence electrons. The van der Waals surface area contributed by atoms with Crippen molar-refractivity contribution >= 4 is 0 Å². The van der Waals surface area contributed by atoms with Gasteiger partial charge in [0.15, 0.2) is 0 Å². The lowest BCUT2D eigenvalue weighted by Crippen LogP contribution is -2.09. The number of nitrogens with zero attached hydrogens (tertiary/aromatic N) is 2. The van der Waals surface area contributed by atoms with Crippen molar-refractivity contribution in [2.45, 2.75) is 44.6 Å². The van der Waals surface area contributed by atoms with Crippen molar-refractivity contribution in [2.75, 3.05) is 0 Å². The Morgan fingerprint density at radius 2 is 2.07 bits per heavy atom. The summed E-state index contributed by atoms with van der Waals surface area (Å²) in [5.41, 5.74) is 0.737. The molecule has 1 aromatic heterocycles. The second-order valence-corrected chi connectivity index (χ2v) is 3.90. The first-order valence-corrected chi connectivity index (χ1v) is 5.33. The van der Waals surface area contributed by atoms with Crippen molar-refractivity contribution in [1.29, 1.82) is 0 Å². The second-order valence-electron chi connectivity index (χ2n) is 3.90. The summed E-state index contributed by atoms with van der Waals surface area (Å²) in [6, 6.07) is 1.77. The molecular formula is C11H16N2O. The van der Waals surface area contributed by atoms with Crippen LogP contribution in [0.2, 0.25) is 0 Å². The van der Waals surface area contributed by atoms with E-state index in [0.29, 0.717) is 5.92 Å². The van der Waals surface area contributed by atoms with Gasteiger partial charge in [-0.05, 0) is 18.9 Å². The maximum absolute atomic E-state index is 8.97. The van der Waals surface area contributed by atoms with E-state index in [-0.39, 0.29) is 6.61 Å². The number of aliphatic hydroxyl groups is 1. The molecule has 1 aliphatic rings. The van der Waals surface area contributed by atoms with Gasteiger partial charge in [-0.15, -0.1) is 0 Å². The molecule has 1 heterocycles. The highest BCUT2D eigenvalue weighted by molar-refractivity contribution is 5.05. The average Bonchev–Trinajstić information content (AvgIpc) is 2.30. The first kappa shape index (κ1) is 9.59. The molecule has 1 N–H and O–H groups in total. The van der Waals surface area contributed by atoms with Crippen LogP contribution in [-0.4, -0.2) is 15.1 Å². The molecule has 0 bridgehead atoms. The minimum absolute atomic E-state index is 0.0161. The lowest BCUT2D eigenvalue weighted by atomic mass is 9.89. The summed E-state index contributed by atoms with van der Waals surface area (Å²) < 4.78 is 0. The number of hydrogen-bond acceptors (Lipinski definition) is 3. The topological polar surface area (TPSA) is 46.0 Å². The second kappa shape index (κ2) is 4.51. The fourth-order valence-electron chi connectivity index (χ4n) is 2.06. The molecule has 2 rings (SSSR count). The molecule has 0 spiro atoms. The third-order valence-electron chi connectivity index (χ3n) is 2.86. The van der Waals surface area contributed by atoms with E-state index in [0.717, 1.165) is 11.5 Å². The smallest absolute Gasteiger partial charge is 0.131 e. The summed E-state index contributed by atoms with van der Waals surface area (Å²) in [7, 11) is 0. The molecule has 0 aliphatic heterocycles. The average molecular weight is 192 g/mol. The van der Waals surface area contributed by atoms with Crippen LogP contribution in [0.3, 0.4) is 0 Å². The third-order valence-corrected chi connectivity index (χ3v) is 2.86. The van der Waals surface area contributed by atoms with Gasteiger partial charge in [0.1, 0.15) is 5.82 Å². The monoisotopic (exact) mass is 192 g/mol. The minimum atomic E-state index is 0.0161. The van der Waals surface area contributed by atoms with Crippen molar-refractivity contribution in [3.8, 4) is 0 Å². The van der Waals surface area contributed by atoms with Crippen LogP contribution >= 0.6 is 0 Å². The first-order chi connectivity index (χ1) is 6.90. The lowest BCUT2D eigenvalue weighted by Gasteiger charge is -2.20. The van der Waals surface area contributed by atoms with Crippen molar-refractivity contribution in [1.82, 2.24) is 9.97 Å². The molecule has 1 fully saturated rings. The Kier molecular flexibility index (Phi) is 3.09. The number of rotatable bonds is 2. The summed E-state index contributed by atoms with van der Waals surface area (Å²) in [5.74, 6) is 1.45. The van der Waals surface area contributed by atoms with Gasteiger partial charge in [0.25, 0.3) is 0 Å². The van der Waals surface area contributed by atoms with E-state index in [1.165, 1.54) is 32.1 Å². The molecule has 0 aromatic carbocycles. The Balaban J connectivity index is 2.13. The predicted octanol–water partition coefficient (Wildman–Crippen LogP) is 2.02. The van der Waals surface area contributed by atoms with Crippen LogP contribution < -0.4 is 0 Å². The first-order valence-electron chi connectivity index (χ1n) is 5.33. The Morgan fingerprint density at radius 1 is 1.29 bits per heavy atom. The van der Waals surface area contributed by atoms with E-state index in [1.54, 1.807) is 12.3 Å². The van der Waals surface area contributed by atoms with Crippen LogP contribution in [0.4, 0.5) is 0 Å². The molecule has 0 atom stereocenters. The summed E-state index contributed by atoms with van der Waals surface area (Å²) >= 11 is 0. The lowest BCUT2D eigenvalue weighted by molar-refractivity contribution is 0.275. The molecule has 0 saturated heterocycles. The Labute approximate surface area is 84.2 Å². The molecule has 0 amide bonds. The summed E-state index contributed by atoms with van der Waals surface area (Å²) in [6.07, 6.45) is 8.08. The summed E-state index contributed by atoms with van der Waals surface area (Å²) in [5, 5.41) is 8.97. The van der Waals surface area contributed by atoms with E-state index in [2.05, 4.69) is 9.97 Å². The summed E-state index contributed by atoms with van der Waals surface area (Å²) in [4.78, 5) is 8.64. The molecule has 1 saturated carbocycles. The number of aliphatic hydroxyl groups excluding tert-OH is 1. The van der Waals surface area contributed by atoms with Gasteiger partial charge in [0.05, 0.1) is 12.3 Å². The largest absolute Gasteiger partial charge is 0.390 e. The highest BCUT2D eigenvalue weighted by atomic mass is 16.3. The Bertz CT molecular complexity index is 295. The quantitative estimate of drug-likeness (QED) is 0.779. The van der Waals surface area contributed by atoms with E-state index >= 15 is 0 Å².